The number of nitrogens with zero attached hydrogens (tertiary/aromatic N) is 1. The van der Waals surface area contributed by atoms with Crippen LogP contribution in [0.1, 0.15) is 34.1 Å². The molecule has 0 fully saturated rings. The van der Waals surface area contributed by atoms with Crippen LogP contribution in [0.2, 0.25) is 0 Å². The van der Waals surface area contributed by atoms with Crippen molar-refractivity contribution in [2.45, 2.75) is 32.7 Å². The van der Waals surface area contributed by atoms with Gasteiger partial charge >= 0.3 is 0 Å². The van der Waals surface area contributed by atoms with E-state index in [0.717, 1.165) is 16.8 Å². The lowest BCUT2D eigenvalue weighted by atomic mass is 10.00. The molecule has 0 spiro atoms. The van der Waals surface area contributed by atoms with Crippen molar-refractivity contribution >= 4 is 0 Å². The predicted molar refractivity (Wildman–Crippen MR) is 72.6 cm³/mol. The largest absolute Gasteiger partial charge is 0.388 e. The molecule has 0 saturated carbocycles. The lowest BCUT2D eigenvalue weighted by Crippen LogP contribution is -2.04. The van der Waals surface area contributed by atoms with Crippen molar-refractivity contribution in [2.24, 2.45) is 0 Å². The number of aryl methyl sites for hydroxylation is 1. The van der Waals surface area contributed by atoms with Crippen LogP contribution in [0.15, 0.2) is 36.5 Å². The summed E-state index contributed by atoms with van der Waals surface area (Å²) in [6.45, 7) is 3.34. The van der Waals surface area contributed by atoms with Gasteiger partial charge < -0.3 is 9.84 Å². The van der Waals surface area contributed by atoms with Crippen LogP contribution in [-0.2, 0) is 24.4 Å². The van der Waals surface area contributed by atoms with Gasteiger partial charge in [-0.05, 0) is 35.2 Å². The second-order valence-corrected chi connectivity index (χ2v) is 5.07. The van der Waals surface area contributed by atoms with E-state index in [1.54, 1.807) is 0 Å². The number of aromatic nitrogens is 1. The molecule has 2 heterocycles. The molecule has 1 aromatic carbocycles. The van der Waals surface area contributed by atoms with Crippen LogP contribution in [0.25, 0.3) is 0 Å². The number of aliphatic hydroxyl groups excluding tert-OH is 1. The third-order valence-electron chi connectivity index (χ3n) is 3.51. The van der Waals surface area contributed by atoms with Crippen LogP contribution in [0.3, 0.4) is 0 Å². The fourth-order valence-corrected chi connectivity index (χ4v) is 2.33. The quantitative estimate of drug-likeness (QED) is 0.917. The Morgan fingerprint density at radius 1 is 1.21 bits per heavy atom. The topological polar surface area (TPSA) is 42.4 Å². The smallest absolute Gasteiger partial charge is 0.0845 e. The van der Waals surface area contributed by atoms with Crippen molar-refractivity contribution in [2.75, 3.05) is 0 Å². The van der Waals surface area contributed by atoms with Crippen molar-refractivity contribution in [3.63, 3.8) is 0 Å². The van der Waals surface area contributed by atoms with Gasteiger partial charge in [-0.15, -0.1) is 0 Å². The summed E-state index contributed by atoms with van der Waals surface area (Å²) in [7, 11) is 0. The maximum Gasteiger partial charge on any atom is 0.0845 e. The summed E-state index contributed by atoms with van der Waals surface area (Å²) in [4.78, 5) is 4.33. The minimum atomic E-state index is -0.513. The molecular weight excluding hydrogens is 238 g/mol. The first kappa shape index (κ1) is 12.3. The molecule has 1 N–H and O–H groups in total. The minimum absolute atomic E-state index is 0.513. The third-order valence-corrected chi connectivity index (χ3v) is 3.51. The lowest BCUT2D eigenvalue weighted by molar-refractivity contribution is 0.134. The van der Waals surface area contributed by atoms with Crippen LogP contribution in [0, 0.1) is 6.92 Å². The van der Waals surface area contributed by atoms with E-state index in [0.29, 0.717) is 19.6 Å². The Morgan fingerprint density at radius 3 is 2.84 bits per heavy atom. The zero-order valence-corrected chi connectivity index (χ0v) is 11.0. The molecule has 1 aromatic heterocycles. The van der Waals surface area contributed by atoms with Gasteiger partial charge in [0, 0.05) is 18.3 Å². The molecule has 3 heteroatoms. The molecule has 0 aliphatic carbocycles. The molecule has 0 bridgehead atoms. The van der Waals surface area contributed by atoms with Gasteiger partial charge in [0.05, 0.1) is 19.3 Å². The van der Waals surface area contributed by atoms with Gasteiger partial charge in [-0.2, -0.15) is 0 Å². The van der Waals surface area contributed by atoms with E-state index in [-0.39, 0.29) is 0 Å². The Labute approximate surface area is 112 Å². The number of hydrogen-bond donors (Lipinski definition) is 1. The summed E-state index contributed by atoms with van der Waals surface area (Å²) in [6.07, 6.45) is 1.86. The van der Waals surface area contributed by atoms with E-state index in [9.17, 15) is 5.11 Å². The number of ether oxygens (including phenoxy) is 1. The van der Waals surface area contributed by atoms with Gasteiger partial charge in [0.1, 0.15) is 0 Å². The fraction of sp³-hybridized carbons (Fsp3) is 0.312. The molecule has 3 rings (SSSR count). The van der Waals surface area contributed by atoms with E-state index in [2.05, 4.69) is 4.98 Å². The van der Waals surface area contributed by atoms with Crippen LogP contribution < -0.4 is 0 Å². The average Bonchev–Trinajstić information content (AvgIpc) is 2.88. The molecule has 0 amide bonds. The lowest BCUT2D eigenvalue weighted by Gasteiger charge is -2.12. The Balaban J connectivity index is 1.76. The zero-order valence-electron chi connectivity index (χ0n) is 11.0. The highest BCUT2D eigenvalue weighted by atomic mass is 16.5. The number of rotatable bonds is 3. The van der Waals surface area contributed by atoms with Crippen LogP contribution in [0.4, 0.5) is 0 Å². The molecule has 1 aliphatic heterocycles. The van der Waals surface area contributed by atoms with Gasteiger partial charge in [0.2, 0.25) is 0 Å². The highest BCUT2D eigenvalue weighted by molar-refractivity contribution is 5.34. The van der Waals surface area contributed by atoms with Crippen LogP contribution in [-0.4, -0.2) is 10.1 Å². The summed E-state index contributed by atoms with van der Waals surface area (Å²) in [5.74, 6) is 0. The Bertz CT molecular complexity index is 578. The summed E-state index contributed by atoms with van der Waals surface area (Å²) in [5, 5.41) is 10.3. The SMILES string of the molecule is Cc1ccc(CC(O)c2ccc3c(c2)COC3)nc1. The summed E-state index contributed by atoms with van der Waals surface area (Å²) < 4.78 is 5.39. The van der Waals surface area contributed by atoms with Gasteiger partial charge in [-0.25, -0.2) is 0 Å². The Kier molecular flexibility index (Phi) is 3.32. The van der Waals surface area contributed by atoms with Gasteiger partial charge in [0.25, 0.3) is 0 Å². The maximum atomic E-state index is 10.3. The number of fused-ring (bicyclic) bond motifs is 1. The summed E-state index contributed by atoms with van der Waals surface area (Å²) in [5.41, 5.74) is 5.40. The molecule has 1 aliphatic rings. The molecule has 0 radical (unpaired) electrons. The first-order valence-corrected chi connectivity index (χ1v) is 6.51. The molecule has 3 nitrogen and oxygen atoms in total. The molecule has 1 unspecified atom stereocenters. The maximum absolute atomic E-state index is 10.3. The highest BCUT2D eigenvalue weighted by Gasteiger charge is 2.15. The highest BCUT2D eigenvalue weighted by Crippen LogP contribution is 2.25. The van der Waals surface area contributed by atoms with E-state index in [4.69, 9.17) is 4.74 Å². The molecule has 2 aromatic rings. The summed E-state index contributed by atoms with van der Waals surface area (Å²) >= 11 is 0. The van der Waals surface area contributed by atoms with Crippen molar-refractivity contribution in [1.82, 2.24) is 4.98 Å². The Morgan fingerprint density at radius 2 is 2.05 bits per heavy atom. The van der Waals surface area contributed by atoms with Crippen molar-refractivity contribution in [1.29, 1.82) is 0 Å². The zero-order chi connectivity index (χ0) is 13.2. The number of pyridine rings is 1. The monoisotopic (exact) mass is 255 g/mol. The third kappa shape index (κ3) is 2.67. The molecule has 19 heavy (non-hydrogen) atoms. The van der Waals surface area contributed by atoms with Crippen molar-refractivity contribution < 1.29 is 9.84 Å². The summed E-state index contributed by atoms with van der Waals surface area (Å²) in [6, 6.07) is 10.1. The first-order valence-electron chi connectivity index (χ1n) is 6.51. The number of hydrogen-bond acceptors (Lipinski definition) is 3. The second-order valence-electron chi connectivity index (χ2n) is 5.07. The first-order chi connectivity index (χ1) is 9.22. The van der Waals surface area contributed by atoms with Gasteiger partial charge in [-0.1, -0.05) is 24.3 Å². The molecule has 0 saturated heterocycles. The van der Waals surface area contributed by atoms with E-state index in [1.807, 2.05) is 43.5 Å². The second kappa shape index (κ2) is 5.11. The average molecular weight is 255 g/mol. The Hall–Kier alpha value is -1.71. The predicted octanol–water partition coefficient (Wildman–Crippen LogP) is 2.70. The van der Waals surface area contributed by atoms with Gasteiger partial charge in [-0.3, -0.25) is 4.98 Å². The fourth-order valence-electron chi connectivity index (χ4n) is 2.33. The molecule has 98 valence electrons. The molecular formula is C16H17NO2. The van der Waals surface area contributed by atoms with Crippen molar-refractivity contribution in [3.8, 4) is 0 Å². The van der Waals surface area contributed by atoms with Crippen LogP contribution >= 0.6 is 0 Å². The number of aliphatic hydroxyl groups is 1. The van der Waals surface area contributed by atoms with Crippen molar-refractivity contribution in [3.05, 3.63) is 64.5 Å². The number of benzene rings is 1. The minimum Gasteiger partial charge on any atom is -0.388 e. The molecule has 1 atom stereocenters. The van der Waals surface area contributed by atoms with E-state index >= 15 is 0 Å². The van der Waals surface area contributed by atoms with Gasteiger partial charge in [0.15, 0.2) is 0 Å². The standard InChI is InChI=1S/C16H17NO2/c1-11-2-5-15(17-8-11)7-16(18)12-3-4-13-9-19-10-14(13)6-12/h2-6,8,16,18H,7,9-10H2,1H3. The van der Waals surface area contributed by atoms with E-state index in [1.165, 1.54) is 11.1 Å². The van der Waals surface area contributed by atoms with Crippen LogP contribution in [0.5, 0.6) is 0 Å². The normalized spacial score (nSPS) is 15.3. The van der Waals surface area contributed by atoms with E-state index < -0.39 is 6.10 Å².